The third-order valence-corrected chi connectivity index (χ3v) is 4.47. The van der Waals surface area contributed by atoms with Gasteiger partial charge in [-0.05, 0) is 25.2 Å². The standard InChI is InChI=1S/C16H22N2O5/c1-9-5-11(9)13(17-8-19)7-18-6-12(16(21)23-4)14(20)15(22-3)10(18)2/h6,8-9,11,13H,5,7H2,1-4H3,(H,17,19)/t9?,11?,13-/m0/s1. The van der Waals surface area contributed by atoms with Crippen molar-refractivity contribution >= 4 is 12.4 Å². The van der Waals surface area contributed by atoms with E-state index in [0.29, 0.717) is 30.5 Å². The lowest BCUT2D eigenvalue weighted by molar-refractivity contribution is -0.110. The largest absolute Gasteiger partial charge is 0.491 e. The van der Waals surface area contributed by atoms with Gasteiger partial charge in [0.05, 0.1) is 19.9 Å². The number of hydrogen-bond acceptors (Lipinski definition) is 5. The quantitative estimate of drug-likeness (QED) is 0.590. The van der Waals surface area contributed by atoms with Gasteiger partial charge in [-0.15, -0.1) is 0 Å². The molecule has 3 atom stereocenters. The number of aromatic nitrogens is 1. The second-order valence-corrected chi connectivity index (χ2v) is 5.90. The van der Waals surface area contributed by atoms with E-state index in [1.165, 1.54) is 20.4 Å². The second kappa shape index (κ2) is 6.85. The number of hydrogen-bond donors (Lipinski definition) is 1. The Bertz CT molecular complexity index is 667. The molecule has 0 radical (unpaired) electrons. The van der Waals surface area contributed by atoms with Crippen molar-refractivity contribution in [3.8, 4) is 5.75 Å². The van der Waals surface area contributed by atoms with Gasteiger partial charge >= 0.3 is 5.97 Å². The number of carbonyl (C=O) groups is 2. The molecule has 1 amide bonds. The van der Waals surface area contributed by atoms with E-state index in [1.54, 1.807) is 11.5 Å². The number of nitrogens with one attached hydrogen (secondary N) is 1. The van der Waals surface area contributed by atoms with Gasteiger partial charge in [-0.25, -0.2) is 4.79 Å². The Hall–Kier alpha value is -2.31. The van der Waals surface area contributed by atoms with Crippen molar-refractivity contribution in [2.45, 2.75) is 32.9 Å². The second-order valence-electron chi connectivity index (χ2n) is 5.90. The lowest BCUT2D eigenvalue weighted by Gasteiger charge is -2.21. The minimum Gasteiger partial charge on any atom is -0.491 e. The van der Waals surface area contributed by atoms with E-state index < -0.39 is 11.4 Å². The molecule has 0 spiro atoms. The number of nitrogens with zero attached hydrogens (tertiary/aromatic N) is 1. The van der Waals surface area contributed by atoms with E-state index in [0.717, 1.165) is 6.42 Å². The minimum atomic E-state index is -0.707. The topological polar surface area (TPSA) is 86.6 Å². The van der Waals surface area contributed by atoms with Crippen LogP contribution in [-0.4, -0.2) is 37.2 Å². The summed E-state index contributed by atoms with van der Waals surface area (Å²) in [7, 11) is 2.61. The van der Waals surface area contributed by atoms with Gasteiger partial charge in [0.15, 0.2) is 5.75 Å². The average Bonchev–Trinajstić information content (AvgIpc) is 3.25. The molecule has 1 aromatic heterocycles. The maximum absolute atomic E-state index is 12.3. The Kier molecular flexibility index (Phi) is 5.08. The molecule has 0 aromatic carbocycles. The third-order valence-electron chi connectivity index (χ3n) is 4.47. The molecule has 1 aliphatic rings. The molecule has 23 heavy (non-hydrogen) atoms. The van der Waals surface area contributed by atoms with Crippen molar-refractivity contribution in [3.63, 3.8) is 0 Å². The van der Waals surface area contributed by atoms with Crippen LogP contribution in [0.3, 0.4) is 0 Å². The van der Waals surface area contributed by atoms with Crippen LogP contribution in [0.4, 0.5) is 0 Å². The molecule has 2 unspecified atom stereocenters. The first-order valence-electron chi connectivity index (χ1n) is 7.50. The fourth-order valence-electron chi connectivity index (χ4n) is 2.94. The Morgan fingerprint density at radius 2 is 2.17 bits per heavy atom. The smallest absolute Gasteiger partial charge is 0.343 e. The molecule has 0 bridgehead atoms. The summed E-state index contributed by atoms with van der Waals surface area (Å²) in [5.41, 5.74) is 0.0348. The average molecular weight is 322 g/mol. The van der Waals surface area contributed by atoms with Crippen LogP contribution < -0.4 is 15.5 Å². The minimum absolute atomic E-state index is 0.0566. The highest BCUT2D eigenvalue weighted by Gasteiger charge is 2.39. The van der Waals surface area contributed by atoms with Crippen molar-refractivity contribution < 1.29 is 19.1 Å². The summed E-state index contributed by atoms with van der Waals surface area (Å²) in [6.45, 7) is 4.33. The predicted molar refractivity (Wildman–Crippen MR) is 83.6 cm³/mol. The first-order chi connectivity index (χ1) is 10.9. The summed E-state index contributed by atoms with van der Waals surface area (Å²) in [5, 5.41) is 2.83. The number of rotatable bonds is 7. The first-order valence-corrected chi connectivity index (χ1v) is 7.50. The predicted octanol–water partition coefficient (Wildman–Crippen LogP) is 0.723. The van der Waals surface area contributed by atoms with Crippen LogP contribution >= 0.6 is 0 Å². The van der Waals surface area contributed by atoms with Gasteiger partial charge in [0, 0.05) is 18.8 Å². The highest BCUT2D eigenvalue weighted by Crippen LogP contribution is 2.41. The molecule has 0 saturated heterocycles. The van der Waals surface area contributed by atoms with E-state index in [9.17, 15) is 14.4 Å². The maximum atomic E-state index is 12.3. The zero-order valence-electron chi connectivity index (χ0n) is 13.8. The molecule has 1 aliphatic carbocycles. The van der Waals surface area contributed by atoms with Crippen molar-refractivity contribution in [1.82, 2.24) is 9.88 Å². The Morgan fingerprint density at radius 1 is 1.52 bits per heavy atom. The van der Waals surface area contributed by atoms with Gasteiger partial charge in [-0.2, -0.15) is 0 Å². The number of pyridine rings is 1. The lowest BCUT2D eigenvalue weighted by Crippen LogP contribution is -2.36. The van der Waals surface area contributed by atoms with Crippen LogP contribution in [-0.2, 0) is 16.1 Å². The monoisotopic (exact) mass is 322 g/mol. The van der Waals surface area contributed by atoms with E-state index in [2.05, 4.69) is 17.0 Å². The van der Waals surface area contributed by atoms with Gasteiger partial charge in [-0.1, -0.05) is 6.92 Å². The summed E-state index contributed by atoms with van der Waals surface area (Å²) < 4.78 is 11.6. The molecule has 0 aliphatic heterocycles. The van der Waals surface area contributed by atoms with Gasteiger partial charge in [0.25, 0.3) is 0 Å². The molecule has 1 saturated carbocycles. The zero-order chi connectivity index (χ0) is 17.1. The maximum Gasteiger partial charge on any atom is 0.343 e. The molecule has 126 valence electrons. The molecule has 7 nitrogen and oxygen atoms in total. The van der Waals surface area contributed by atoms with Crippen LogP contribution in [0.5, 0.6) is 5.75 Å². The number of carbonyl (C=O) groups excluding carboxylic acids is 2. The number of ether oxygens (including phenoxy) is 2. The number of methoxy groups -OCH3 is 2. The van der Waals surface area contributed by atoms with Gasteiger partial charge in [-0.3, -0.25) is 9.59 Å². The molecule has 1 fully saturated rings. The molecule has 1 aromatic rings. The molecule has 2 rings (SSSR count). The number of amides is 1. The summed E-state index contributed by atoms with van der Waals surface area (Å²) in [6, 6.07) is -0.0566. The zero-order valence-corrected chi connectivity index (χ0v) is 13.8. The Morgan fingerprint density at radius 3 is 2.65 bits per heavy atom. The molecule has 7 heteroatoms. The molecule has 1 N–H and O–H groups in total. The van der Waals surface area contributed by atoms with Crippen molar-refractivity contribution in [3.05, 3.63) is 27.7 Å². The lowest BCUT2D eigenvalue weighted by atomic mass is 10.1. The van der Waals surface area contributed by atoms with Gasteiger partial charge in [0.2, 0.25) is 11.8 Å². The van der Waals surface area contributed by atoms with Crippen LogP contribution in [0.25, 0.3) is 0 Å². The summed E-state index contributed by atoms with van der Waals surface area (Å²) >= 11 is 0. The van der Waals surface area contributed by atoms with E-state index in [4.69, 9.17) is 4.74 Å². The highest BCUT2D eigenvalue weighted by atomic mass is 16.5. The van der Waals surface area contributed by atoms with E-state index in [1.807, 2.05) is 0 Å². The fraction of sp³-hybridized carbons (Fsp3) is 0.562. The van der Waals surface area contributed by atoms with Crippen molar-refractivity contribution in [2.75, 3.05) is 14.2 Å². The van der Waals surface area contributed by atoms with E-state index >= 15 is 0 Å². The molecular formula is C16H22N2O5. The number of esters is 1. The van der Waals surface area contributed by atoms with Crippen molar-refractivity contribution in [2.24, 2.45) is 11.8 Å². The normalized spacial score (nSPS) is 20.5. The molecular weight excluding hydrogens is 300 g/mol. The van der Waals surface area contributed by atoms with Crippen LogP contribution in [0, 0.1) is 18.8 Å². The summed E-state index contributed by atoms with van der Waals surface area (Å²) in [6.07, 6.45) is 3.20. The van der Waals surface area contributed by atoms with Gasteiger partial charge in [0.1, 0.15) is 5.56 Å². The van der Waals surface area contributed by atoms with E-state index in [-0.39, 0.29) is 17.4 Å². The fourth-order valence-corrected chi connectivity index (χ4v) is 2.94. The first kappa shape index (κ1) is 17.1. The van der Waals surface area contributed by atoms with Crippen LogP contribution in [0.15, 0.2) is 11.0 Å². The summed E-state index contributed by atoms with van der Waals surface area (Å²) in [4.78, 5) is 34.9. The summed E-state index contributed by atoms with van der Waals surface area (Å²) in [5.74, 6) is 0.351. The third kappa shape index (κ3) is 3.38. The van der Waals surface area contributed by atoms with Crippen molar-refractivity contribution in [1.29, 1.82) is 0 Å². The van der Waals surface area contributed by atoms with Crippen LogP contribution in [0.1, 0.15) is 29.4 Å². The molecule has 1 heterocycles. The SMILES string of the molecule is COC(=O)c1cn(C[C@H](NC=O)C2CC2C)c(C)c(OC)c1=O. The van der Waals surface area contributed by atoms with Crippen LogP contribution in [0.2, 0.25) is 0 Å². The Labute approximate surface area is 134 Å². The Balaban J connectivity index is 2.42. The highest BCUT2D eigenvalue weighted by molar-refractivity contribution is 5.89. The van der Waals surface area contributed by atoms with Gasteiger partial charge < -0.3 is 19.4 Å².